The molecule has 0 saturated carbocycles. The molecule has 0 radical (unpaired) electrons. The zero-order chi connectivity index (χ0) is 14.0. The standard InChI is InChI=1S/C17H20BrN/c1-11-7-5-6-8-16(11)14(4)19-17-12(2)9-15(18)10-13(17)3/h5-10,14,19H,1-4H3. The Morgan fingerprint density at radius 3 is 2.11 bits per heavy atom. The van der Waals surface area contributed by atoms with Crippen LogP contribution in [-0.2, 0) is 0 Å². The SMILES string of the molecule is Cc1ccccc1C(C)Nc1c(C)cc(Br)cc1C. The molecule has 2 aromatic carbocycles. The van der Waals surface area contributed by atoms with Crippen LogP contribution in [0.2, 0.25) is 0 Å². The number of nitrogens with one attached hydrogen (secondary N) is 1. The molecule has 2 aromatic rings. The molecule has 1 atom stereocenters. The van der Waals surface area contributed by atoms with E-state index in [1.165, 1.54) is 27.9 Å². The number of benzene rings is 2. The number of hydrogen-bond acceptors (Lipinski definition) is 1. The van der Waals surface area contributed by atoms with Gasteiger partial charge < -0.3 is 5.32 Å². The second-order valence-corrected chi connectivity index (χ2v) is 6.05. The highest BCUT2D eigenvalue weighted by molar-refractivity contribution is 9.10. The first-order valence-electron chi connectivity index (χ1n) is 6.58. The maximum Gasteiger partial charge on any atom is 0.0488 e. The van der Waals surface area contributed by atoms with Crippen molar-refractivity contribution in [2.24, 2.45) is 0 Å². The Bertz CT molecular complexity index is 567. The van der Waals surface area contributed by atoms with Crippen molar-refractivity contribution in [1.82, 2.24) is 0 Å². The Labute approximate surface area is 124 Å². The molecular formula is C17H20BrN. The molecule has 0 fully saturated rings. The largest absolute Gasteiger partial charge is 0.378 e. The van der Waals surface area contributed by atoms with E-state index in [2.05, 4.69) is 85.3 Å². The zero-order valence-electron chi connectivity index (χ0n) is 11.9. The van der Waals surface area contributed by atoms with Gasteiger partial charge in [-0.3, -0.25) is 0 Å². The molecule has 0 heterocycles. The van der Waals surface area contributed by atoms with E-state index in [4.69, 9.17) is 0 Å². The number of anilines is 1. The van der Waals surface area contributed by atoms with Crippen molar-refractivity contribution in [3.63, 3.8) is 0 Å². The van der Waals surface area contributed by atoms with Gasteiger partial charge in [-0.05, 0) is 62.1 Å². The normalized spacial score (nSPS) is 12.3. The molecule has 0 aliphatic rings. The molecular weight excluding hydrogens is 298 g/mol. The second-order valence-electron chi connectivity index (χ2n) is 5.14. The summed E-state index contributed by atoms with van der Waals surface area (Å²) in [7, 11) is 0. The molecule has 2 rings (SSSR count). The summed E-state index contributed by atoms with van der Waals surface area (Å²) in [5.74, 6) is 0. The van der Waals surface area contributed by atoms with Gasteiger partial charge >= 0.3 is 0 Å². The average molecular weight is 318 g/mol. The number of rotatable bonds is 3. The Morgan fingerprint density at radius 1 is 0.947 bits per heavy atom. The minimum atomic E-state index is 0.305. The van der Waals surface area contributed by atoms with Crippen molar-refractivity contribution < 1.29 is 0 Å². The van der Waals surface area contributed by atoms with Gasteiger partial charge in [0.05, 0.1) is 0 Å². The van der Waals surface area contributed by atoms with Crippen LogP contribution in [0.25, 0.3) is 0 Å². The monoisotopic (exact) mass is 317 g/mol. The summed E-state index contributed by atoms with van der Waals surface area (Å²) in [6.45, 7) is 8.66. The molecule has 100 valence electrons. The Kier molecular flexibility index (Phi) is 4.31. The van der Waals surface area contributed by atoms with Crippen LogP contribution in [0.1, 0.15) is 35.2 Å². The van der Waals surface area contributed by atoms with Crippen LogP contribution in [0, 0.1) is 20.8 Å². The molecule has 0 bridgehead atoms. The fraction of sp³-hybridized carbons (Fsp3) is 0.294. The van der Waals surface area contributed by atoms with Crippen LogP contribution in [0.4, 0.5) is 5.69 Å². The van der Waals surface area contributed by atoms with Crippen LogP contribution >= 0.6 is 15.9 Å². The smallest absolute Gasteiger partial charge is 0.0488 e. The minimum Gasteiger partial charge on any atom is -0.378 e. The Morgan fingerprint density at radius 2 is 1.53 bits per heavy atom. The fourth-order valence-electron chi connectivity index (χ4n) is 2.51. The molecule has 2 heteroatoms. The topological polar surface area (TPSA) is 12.0 Å². The summed E-state index contributed by atoms with van der Waals surface area (Å²) in [6, 6.07) is 13.1. The third-order valence-corrected chi connectivity index (χ3v) is 3.97. The Balaban J connectivity index is 2.29. The van der Waals surface area contributed by atoms with E-state index in [-0.39, 0.29) is 0 Å². The maximum atomic E-state index is 3.64. The van der Waals surface area contributed by atoms with E-state index >= 15 is 0 Å². The molecule has 1 nitrogen and oxygen atoms in total. The highest BCUT2D eigenvalue weighted by Gasteiger charge is 2.11. The molecule has 0 saturated heterocycles. The summed E-state index contributed by atoms with van der Waals surface area (Å²) >= 11 is 3.54. The molecule has 19 heavy (non-hydrogen) atoms. The zero-order valence-corrected chi connectivity index (χ0v) is 13.5. The van der Waals surface area contributed by atoms with Crippen LogP contribution in [0.5, 0.6) is 0 Å². The van der Waals surface area contributed by atoms with Crippen LogP contribution in [-0.4, -0.2) is 0 Å². The van der Waals surface area contributed by atoms with Crippen LogP contribution in [0.3, 0.4) is 0 Å². The molecule has 0 amide bonds. The third-order valence-electron chi connectivity index (χ3n) is 3.51. The lowest BCUT2D eigenvalue weighted by molar-refractivity contribution is 0.870. The number of aryl methyl sites for hydroxylation is 3. The summed E-state index contributed by atoms with van der Waals surface area (Å²) in [6.07, 6.45) is 0. The first-order chi connectivity index (χ1) is 8.99. The predicted molar refractivity (Wildman–Crippen MR) is 86.8 cm³/mol. The summed E-state index contributed by atoms with van der Waals surface area (Å²) in [5.41, 5.74) is 6.46. The lowest BCUT2D eigenvalue weighted by Gasteiger charge is -2.21. The van der Waals surface area contributed by atoms with E-state index in [1.807, 2.05) is 0 Å². The fourth-order valence-corrected chi connectivity index (χ4v) is 3.19. The van der Waals surface area contributed by atoms with E-state index in [0.29, 0.717) is 6.04 Å². The van der Waals surface area contributed by atoms with E-state index in [1.54, 1.807) is 0 Å². The van der Waals surface area contributed by atoms with Gasteiger partial charge in [-0.15, -0.1) is 0 Å². The van der Waals surface area contributed by atoms with Crippen molar-refractivity contribution in [1.29, 1.82) is 0 Å². The quantitative estimate of drug-likeness (QED) is 0.782. The third kappa shape index (κ3) is 3.19. The van der Waals surface area contributed by atoms with Crippen molar-refractivity contribution in [2.45, 2.75) is 33.7 Å². The first kappa shape index (κ1) is 14.1. The van der Waals surface area contributed by atoms with Gasteiger partial charge in [0.15, 0.2) is 0 Å². The van der Waals surface area contributed by atoms with Gasteiger partial charge in [-0.25, -0.2) is 0 Å². The summed E-state index contributed by atoms with van der Waals surface area (Å²) < 4.78 is 1.14. The van der Waals surface area contributed by atoms with Gasteiger partial charge in [-0.2, -0.15) is 0 Å². The molecule has 1 unspecified atom stereocenters. The lowest BCUT2D eigenvalue weighted by atomic mass is 10.0. The van der Waals surface area contributed by atoms with E-state index in [0.717, 1.165) is 4.47 Å². The van der Waals surface area contributed by atoms with Gasteiger partial charge in [0.25, 0.3) is 0 Å². The summed E-state index contributed by atoms with van der Waals surface area (Å²) in [4.78, 5) is 0. The van der Waals surface area contributed by atoms with Crippen LogP contribution in [0.15, 0.2) is 40.9 Å². The average Bonchev–Trinajstić information content (AvgIpc) is 2.34. The van der Waals surface area contributed by atoms with Crippen LogP contribution < -0.4 is 5.32 Å². The first-order valence-corrected chi connectivity index (χ1v) is 7.37. The van der Waals surface area contributed by atoms with Gasteiger partial charge in [0.2, 0.25) is 0 Å². The molecule has 0 aliphatic heterocycles. The van der Waals surface area contributed by atoms with E-state index in [9.17, 15) is 0 Å². The van der Waals surface area contributed by atoms with Gasteiger partial charge in [0.1, 0.15) is 0 Å². The molecule has 0 spiro atoms. The second kappa shape index (κ2) is 5.79. The number of hydrogen-bond donors (Lipinski definition) is 1. The highest BCUT2D eigenvalue weighted by atomic mass is 79.9. The molecule has 0 aromatic heterocycles. The maximum absolute atomic E-state index is 3.64. The summed E-state index contributed by atoms with van der Waals surface area (Å²) in [5, 5.41) is 3.64. The minimum absolute atomic E-state index is 0.305. The van der Waals surface area contributed by atoms with Crippen molar-refractivity contribution in [3.8, 4) is 0 Å². The van der Waals surface area contributed by atoms with Gasteiger partial charge in [-0.1, -0.05) is 40.2 Å². The Hall–Kier alpha value is -1.28. The molecule has 1 N–H and O–H groups in total. The molecule has 0 aliphatic carbocycles. The number of halogens is 1. The lowest BCUT2D eigenvalue weighted by Crippen LogP contribution is -2.10. The highest BCUT2D eigenvalue weighted by Crippen LogP contribution is 2.29. The van der Waals surface area contributed by atoms with E-state index < -0.39 is 0 Å². The van der Waals surface area contributed by atoms with Crippen molar-refractivity contribution in [2.75, 3.05) is 5.32 Å². The predicted octanol–water partition coefficient (Wildman–Crippen LogP) is 5.55. The van der Waals surface area contributed by atoms with Gasteiger partial charge in [0, 0.05) is 16.2 Å². The van der Waals surface area contributed by atoms with Crippen molar-refractivity contribution in [3.05, 3.63) is 63.1 Å². The van der Waals surface area contributed by atoms with Crippen molar-refractivity contribution >= 4 is 21.6 Å².